The lowest BCUT2D eigenvalue weighted by atomic mass is 9.73. The van der Waals surface area contributed by atoms with E-state index in [0.29, 0.717) is 22.9 Å². The average molecular weight is 366 g/mol. The Balaban J connectivity index is 1.64. The van der Waals surface area contributed by atoms with Crippen LogP contribution in [-0.4, -0.2) is 46.6 Å². The topological polar surface area (TPSA) is 65.5 Å². The number of aliphatic hydroxyl groups is 1. The Labute approximate surface area is 154 Å². The molecule has 25 heavy (non-hydrogen) atoms. The Hall–Kier alpha value is -1.33. The fourth-order valence-electron chi connectivity index (χ4n) is 3.84. The van der Waals surface area contributed by atoms with E-state index >= 15 is 0 Å². The number of piperidine rings is 1. The number of hydrogen-bond donors (Lipinski definition) is 2. The van der Waals surface area contributed by atoms with Crippen LogP contribution >= 0.6 is 11.6 Å². The lowest BCUT2D eigenvalue weighted by Gasteiger charge is -2.38. The van der Waals surface area contributed by atoms with Crippen molar-refractivity contribution in [3.63, 3.8) is 0 Å². The van der Waals surface area contributed by atoms with Gasteiger partial charge >= 0.3 is 0 Å². The maximum Gasteiger partial charge on any atom is 0.255 e. The lowest BCUT2D eigenvalue weighted by Crippen LogP contribution is -2.41. The Morgan fingerprint density at radius 1 is 1.36 bits per heavy atom. The molecule has 1 aliphatic heterocycles. The number of likely N-dealkylation sites (tertiary alicyclic amines) is 1. The number of carbonyl (C=O) groups excluding carboxylic acids is 1. The molecule has 0 radical (unpaired) electrons. The van der Waals surface area contributed by atoms with Gasteiger partial charge < -0.3 is 15.3 Å². The monoisotopic (exact) mass is 365 g/mol. The van der Waals surface area contributed by atoms with Crippen LogP contribution in [0.25, 0.3) is 0 Å². The molecule has 2 unspecified atom stereocenters. The summed E-state index contributed by atoms with van der Waals surface area (Å²) in [4.78, 5) is 18.8. The second kappa shape index (κ2) is 7.92. The van der Waals surface area contributed by atoms with Crippen LogP contribution in [0, 0.1) is 5.41 Å². The quantitative estimate of drug-likeness (QED) is 0.853. The molecule has 138 valence electrons. The zero-order valence-corrected chi connectivity index (χ0v) is 15.7. The smallest absolute Gasteiger partial charge is 0.255 e. The van der Waals surface area contributed by atoms with Gasteiger partial charge in [0.25, 0.3) is 5.91 Å². The second-order valence-corrected chi connectivity index (χ2v) is 8.08. The average Bonchev–Trinajstić information content (AvgIpc) is 2.63. The van der Waals surface area contributed by atoms with E-state index in [4.69, 9.17) is 11.6 Å². The molecule has 1 saturated heterocycles. The van der Waals surface area contributed by atoms with E-state index in [1.807, 2.05) is 4.90 Å². The maximum absolute atomic E-state index is 12.5. The summed E-state index contributed by atoms with van der Waals surface area (Å²) in [6.07, 6.45) is 8.69. The summed E-state index contributed by atoms with van der Waals surface area (Å²) < 4.78 is 0. The van der Waals surface area contributed by atoms with Gasteiger partial charge in [0.05, 0.1) is 16.7 Å². The van der Waals surface area contributed by atoms with Crippen molar-refractivity contribution in [2.45, 2.75) is 58.0 Å². The molecule has 2 heterocycles. The first-order valence-corrected chi connectivity index (χ1v) is 9.74. The van der Waals surface area contributed by atoms with Gasteiger partial charge in [0, 0.05) is 31.2 Å². The zero-order chi connectivity index (χ0) is 17.9. The number of amides is 1. The molecule has 1 aromatic rings. The number of pyridine rings is 1. The van der Waals surface area contributed by atoms with Gasteiger partial charge in [0.15, 0.2) is 0 Å². The van der Waals surface area contributed by atoms with Crippen molar-refractivity contribution < 1.29 is 9.90 Å². The van der Waals surface area contributed by atoms with Crippen LogP contribution in [0.5, 0.6) is 0 Å². The number of halogens is 1. The lowest BCUT2D eigenvalue weighted by molar-refractivity contribution is 0.00958. The Morgan fingerprint density at radius 3 is 2.80 bits per heavy atom. The van der Waals surface area contributed by atoms with E-state index in [0.717, 1.165) is 51.6 Å². The first-order valence-electron chi connectivity index (χ1n) is 9.36. The molecule has 1 aromatic heterocycles. The fraction of sp³-hybridized carbons (Fsp3) is 0.684. The molecule has 2 aliphatic rings. The second-order valence-electron chi connectivity index (χ2n) is 7.68. The number of aromatic nitrogens is 1. The molecule has 0 aromatic carbocycles. The summed E-state index contributed by atoms with van der Waals surface area (Å²) in [5, 5.41) is 14.0. The number of rotatable bonds is 4. The van der Waals surface area contributed by atoms with Crippen LogP contribution in [0.1, 0.15) is 62.2 Å². The summed E-state index contributed by atoms with van der Waals surface area (Å²) in [6.45, 7) is 4.35. The van der Waals surface area contributed by atoms with E-state index in [1.165, 1.54) is 6.42 Å². The first kappa shape index (κ1) is 18.5. The SMILES string of the molecule is CC1(CNc2ncc(C(=O)N3CCCCC3)cc2Cl)CCCCC1O. The third-order valence-electron chi connectivity index (χ3n) is 5.67. The van der Waals surface area contributed by atoms with Crippen molar-refractivity contribution >= 4 is 23.3 Å². The predicted octanol–water partition coefficient (Wildman–Crippen LogP) is 3.71. The molecule has 2 N–H and O–H groups in total. The molecule has 2 atom stereocenters. The van der Waals surface area contributed by atoms with Crippen molar-refractivity contribution in [1.29, 1.82) is 0 Å². The van der Waals surface area contributed by atoms with E-state index in [9.17, 15) is 9.90 Å². The minimum atomic E-state index is -0.299. The molecule has 2 fully saturated rings. The molecule has 6 heteroatoms. The van der Waals surface area contributed by atoms with E-state index < -0.39 is 0 Å². The van der Waals surface area contributed by atoms with E-state index in [2.05, 4.69) is 17.2 Å². The summed E-state index contributed by atoms with van der Waals surface area (Å²) in [7, 11) is 0. The van der Waals surface area contributed by atoms with Crippen LogP contribution in [0.4, 0.5) is 5.82 Å². The van der Waals surface area contributed by atoms with Gasteiger partial charge in [-0.15, -0.1) is 0 Å². The predicted molar refractivity (Wildman–Crippen MR) is 100 cm³/mol. The number of anilines is 1. The fourth-order valence-corrected chi connectivity index (χ4v) is 4.07. The van der Waals surface area contributed by atoms with Gasteiger partial charge in [0.1, 0.15) is 5.82 Å². The van der Waals surface area contributed by atoms with Crippen molar-refractivity contribution in [2.75, 3.05) is 25.0 Å². The standard InChI is InChI=1S/C19H28ClN3O2/c1-19(8-4-3-7-16(19)24)13-22-17-15(20)11-14(12-21-17)18(25)23-9-5-2-6-10-23/h11-12,16,24H,2-10,13H2,1H3,(H,21,22). The molecule has 0 bridgehead atoms. The van der Waals surface area contributed by atoms with Crippen molar-refractivity contribution in [3.05, 3.63) is 22.8 Å². The van der Waals surface area contributed by atoms with Crippen LogP contribution in [0.3, 0.4) is 0 Å². The largest absolute Gasteiger partial charge is 0.392 e. The third-order valence-corrected chi connectivity index (χ3v) is 5.96. The van der Waals surface area contributed by atoms with Crippen LogP contribution in [0.2, 0.25) is 5.02 Å². The normalized spacial score (nSPS) is 27.2. The summed E-state index contributed by atoms with van der Waals surface area (Å²) in [5.74, 6) is 0.589. The van der Waals surface area contributed by atoms with Gasteiger partial charge in [-0.3, -0.25) is 4.79 Å². The molecular formula is C19H28ClN3O2. The Morgan fingerprint density at radius 2 is 2.12 bits per heavy atom. The summed E-state index contributed by atoms with van der Waals surface area (Å²) in [5.41, 5.74) is 0.382. The van der Waals surface area contributed by atoms with Gasteiger partial charge in [-0.2, -0.15) is 0 Å². The number of hydrogen-bond acceptors (Lipinski definition) is 4. The molecule has 1 saturated carbocycles. The summed E-state index contributed by atoms with van der Waals surface area (Å²) >= 11 is 6.35. The highest BCUT2D eigenvalue weighted by molar-refractivity contribution is 6.33. The minimum absolute atomic E-state index is 0.00955. The highest BCUT2D eigenvalue weighted by atomic mass is 35.5. The molecule has 3 rings (SSSR count). The number of carbonyl (C=O) groups is 1. The van der Waals surface area contributed by atoms with Crippen molar-refractivity contribution in [3.8, 4) is 0 Å². The van der Waals surface area contributed by atoms with Crippen molar-refractivity contribution in [1.82, 2.24) is 9.88 Å². The van der Waals surface area contributed by atoms with Gasteiger partial charge in [-0.1, -0.05) is 31.4 Å². The highest BCUT2D eigenvalue weighted by Gasteiger charge is 2.35. The molecule has 5 nitrogen and oxygen atoms in total. The van der Waals surface area contributed by atoms with Gasteiger partial charge in [0.2, 0.25) is 0 Å². The van der Waals surface area contributed by atoms with Gasteiger partial charge in [-0.25, -0.2) is 4.98 Å². The highest BCUT2D eigenvalue weighted by Crippen LogP contribution is 2.36. The zero-order valence-electron chi connectivity index (χ0n) is 14.9. The molecule has 0 spiro atoms. The molecule has 1 amide bonds. The minimum Gasteiger partial charge on any atom is -0.392 e. The third kappa shape index (κ3) is 4.26. The maximum atomic E-state index is 12.5. The van der Waals surface area contributed by atoms with E-state index in [1.54, 1.807) is 12.3 Å². The molecular weight excluding hydrogens is 338 g/mol. The molecule has 1 aliphatic carbocycles. The Bertz CT molecular complexity index is 619. The Kier molecular flexibility index (Phi) is 5.85. The number of nitrogens with zero attached hydrogens (tertiary/aromatic N) is 2. The number of aliphatic hydroxyl groups excluding tert-OH is 1. The van der Waals surface area contributed by atoms with Crippen LogP contribution < -0.4 is 5.32 Å². The van der Waals surface area contributed by atoms with Gasteiger partial charge in [-0.05, 0) is 38.2 Å². The number of nitrogens with one attached hydrogen (secondary N) is 1. The first-order chi connectivity index (χ1) is 12.0. The van der Waals surface area contributed by atoms with Crippen LogP contribution in [-0.2, 0) is 0 Å². The van der Waals surface area contributed by atoms with Crippen molar-refractivity contribution in [2.24, 2.45) is 5.41 Å². The summed E-state index contributed by atoms with van der Waals surface area (Å²) in [6, 6.07) is 1.70. The van der Waals surface area contributed by atoms with Crippen LogP contribution in [0.15, 0.2) is 12.3 Å². The van der Waals surface area contributed by atoms with E-state index in [-0.39, 0.29) is 17.4 Å².